The normalized spacial score (nSPS) is 16.2. The molecule has 1 atom stereocenters. The molecule has 8 heteroatoms. The van der Waals surface area contributed by atoms with Crippen molar-refractivity contribution in [1.82, 2.24) is 19.9 Å². The van der Waals surface area contributed by atoms with Crippen LogP contribution in [0.25, 0.3) is 10.6 Å². The highest BCUT2D eigenvalue weighted by molar-refractivity contribution is 7.13. The van der Waals surface area contributed by atoms with E-state index in [4.69, 9.17) is 4.42 Å². The Balaban J connectivity index is 1.28. The molecule has 1 saturated heterocycles. The molecule has 1 amide bonds. The second-order valence-electron chi connectivity index (χ2n) is 8.26. The lowest BCUT2D eigenvalue weighted by Gasteiger charge is -2.31. The van der Waals surface area contributed by atoms with E-state index in [-0.39, 0.29) is 17.6 Å². The zero-order chi connectivity index (χ0) is 22.8. The van der Waals surface area contributed by atoms with Crippen molar-refractivity contribution in [1.29, 1.82) is 0 Å². The second kappa shape index (κ2) is 9.23. The maximum atomic E-state index is 13.3. The molecule has 0 radical (unpaired) electrons. The van der Waals surface area contributed by atoms with Crippen molar-refractivity contribution in [3.05, 3.63) is 88.6 Å². The molecule has 0 spiro atoms. The molecule has 6 nitrogen and oxygen atoms in total. The monoisotopic (exact) mass is 462 g/mol. The number of thiazole rings is 1. The molecule has 0 bridgehead atoms. The van der Waals surface area contributed by atoms with E-state index in [0.29, 0.717) is 31.0 Å². The first-order valence-corrected chi connectivity index (χ1v) is 11.8. The van der Waals surface area contributed by atoms with Crippen molar-refractivity contribution in [2.75, 3.05) is 13.1 Å². The largest absolute Gasteiger partial charge is 0.445 e. The molecule has 0 aliphatic carbocycles. The van der Waals surface area contributed by atoms with Crippen LogP contribution in [0.1, 0.15) is 52.0 Å². The third-order valence-electron chi connectivity index (χ3n) is 5.91. The van der Waals surface area contributed by atoms with Crippen molar-refractivity contribution >= 4 is 17.2 Å². The molecule has 0 saturated carbocycles. The first-order valence-electron chi connectivity index (χ1n) is 10.9. The first-order chi connectivity index (χ1) is 16.1. The van der Waals surface area contributed by atoms with Gasteiger partial charge in [0.05, 0.1) is 33.9 Å². The lowest BCUT2D eigenvalue weighted by atomic mass is 9.97. The molecule has 1 aliphatic rings. The summed E-state index contributed by atoms with van der Waals surface area (Å²) in [6.07, 6.45) is 5.77. The van der Waals surface area contributed by atoms with Gasteiger partial charge in [-0.15, -0.1) is 11.3 Å². The summed E-state index contributed by atoms with van der Waals surface area (Å²) in [7, 11) is 0. The molecular formula is C25H23FN4O2S. The number of rotatable bonds is 5. The smallest absolute Gasteiger partial charge is 0.254 e. The van der Waals surface area contributed by atoms with Crippen molar-refractivity contribution < 1.29 is 13.6 Å². The Hall–Kier alpha value is -3.39. The van der Waals surface area contributed by atoms with E-state index in [1.807, 2.05) is 17.9 Å². The van der Waals surface area contributed by atoms with Crippen molar-refractivity contribution in [2.24, 2.45) is 0 Å². The third-order valence-corrected chi connectivity index (χ3v) is 6.86. The number of halogens is 1. The van der Waals surface area contributed by atoms with Gasteiger partial charge in [0.25, 0.3) is 5.91 Å². The van der Waals surface area contributed by atoms with Crippen molar-refractivity contribution in [2.45, 2.75) is 32.1 Å². The van der Waals surface area contributed by atoms with Gasteiger partial charge in [-0.2, -0.15) is 0 Å². The number of hydrogen-bond acceptors (Lipinski definition) is 6. The van der Waals surface area contributed by atoms with Gasteiger partial charge in [-0.3, -0.25) is 9.78 Å². The third kappa shape index (κ3) is 4.71. The van der Waals surface area contributed by atoms with Gasteiger partial charge in [-0.1, -0.05) is 12.1 Å². The quantitative estimate of drug-likeness (QED) is 0.405. The van der Waals surface area contributed by atoms with Crippen LogP contribution >= 0.6 is 11.3 Å². The Kier molecular flexibility index (Phi) is 6.00. The number of piperidine rings is 1. The number of pyridine rings is 1. The summed E-state index contributed by atoms with van der Waals surface area (Å²) in [5.74, 6) is 1.17. The average Bonchev–Trinajstić information content (AvgIpc) is 3.49. The summed E-state index contributed by atoms with van der Waals surface area (Å²) in [4.78, 5) is 29.3. The van der Waals surface area contributed by atoms with Gasteiger partial charge in [-0.05, 0) is 49.6 Å². The van der Waals surface area contributed by atoms with Gasteiger partial charge in [0.1, 0.15) is 11.6 Å². The Bertz CT molecular complexity index is 1270. The fourth-order valence-corrected chi connectivity index (χ4v) is 4.95. The molecule has 1 aromatic carbocycles. The number of oxazole rings is 1. The number of likely N-dealkylation sites (tertiary alicyclic amines) is 1. The molecule has 0 N–H and O–H groups in total. The van der Waals surface area contributed by atoms with Crippen LogP contribution in [-0.4, -0.2) is 38.8 Å². The topological polar surface area (TPSA) is 72.1 Å². The van der Waals surface area contributed by atoms with Gasteiger partial charge in [0, 0.05) is 31.3 Å². The van der Waals surface area contributed by atoms with Gasteiger partial charge in [0.15, 0.2) is 5.89 Å². The Morgan fingerprint density at radius 3 is 2.85 bits per heavy atom. The lowest BCUT2D eigenvalue weighted by molar-refractivity contribution is 0.0698. The number of amides is 1. The maximum Gasteiger partial charge on any atom is 0.254 e. The van der Waals surface area contributed by atoms with Gasteiger partial charge < -0.3 is 9.32 Å². The molecule has 4 aromatic rings. The highest BCUT2D eigenvalue weighted by Crippen LogP contribution is 2.29. The van der Waals surface area contributed by atoms with E-state index in [1.165, 1.54) is 23.5 Å². The van der Waals surface area contributed by atoms with Crippen LogP contribution in [0.15, 0.2) is 58.7 Å². The first kappa shape index (κ1) is 21.5. The van der Waals surface area contributed by atoms with Gasteiger partial charge in [-0.25, -0.2) is 14.4 Å². The molecule has 1 fully saturated rings. The van der Waals surface area contributed by atoms with Crippen LogP contribution < -0.4 is 0 Å². The number of aryl methyl sites for hydroxylation is 1. The average molecular weight is 463 g/mol. The SMILES string of the molecule is Cc1ncsc1-c1cc(C(=O)N2CCC[C@H](c3ncc(Cc4ccc(F)cc4)o3)C2)ccn1. The number of carbonyl (C=O) groups excluding carboxylic acids is 1. The minimum absolute atomic E-state index is 0.0105. The molecular weight excluding hydrogens is 439 g/mol. The fraction of sp³-hybridized carbons (Fsp3) is 0.280. The molecule has 168 valence electrons. The van der Waals surface area contributed by atoms with E-state index >= 15 is 0 Å². The van der Waals surface area contributed by atoms with Crippen molar-refractivity contribution in [3.8, 4) is 10.6 Å². The predicted molar refractivity (Wildman–Crippen MR) is 124 cm³/mol. The molecule has 0 unspecified atom stereocenters. The van der Waals surface area contributed by atoms with E-state index in [1.54, 1.807) is 36.1 Å². The van der Waals surface area contributed by atoms with Crippen LogP contribution in [0.5, 0.6) is 0 Å². The number of benzene rings is 1. The van der Waals surface area contributed by atoms with E-state index in [2.05, 4.69) is 15.0 Å². The van der Waals surface area contributed by atoms with Crippen molar-refractivity contribution in [3.63, 3.8) is 0 Å². The molecule has 4 heterocycles. The number of aromatic nitrogens is 3. The molecule has 5 rings (SSSR count). The standard InChI is InChI=1S/C25H23FN4O2S/c1-16-23(33-15-29-16)22-12-18(8-9-27-22)25(31)30-10-2-3-19(14-30)24-28-13-21(32-24)11-17-4-6-20(26)7-5-17/h4-9,12-13,15,19H,2-3,10-11,14H2,1H3/t19-/m0/s1. The summed E-state index contributed by atoms with van der Waals surface area (Å²) in [6, 6.07) is 9.98. The van der Waals surface area contributed by atoms with Crippen LogP contribution in [0.2, 0.25) is 0 Å². The Morgan fingerprint density at radius 2 is 2.06 bits per heavy atom. The second-order valence-corrected chi connectivity index (χ2v) is 9.11. The summed E-state index contributed by atoms with van der Waals surface area (Å²) in [6.45, 7) is 3.21. The summed E-state index contributed by atoms with van der Waals surface area (Å²) >= 11 is 1.52. The van der Waals surface area contributed by atoms with E-state index < -0.39 is 0 Å². The minimum Gasteiger partial charge on any atom is -0.445 e. The number of nitrogens with zero attached hydrogens (tertiary/aromatic N) is 4. The molecule has 1 aliphatic heterocycles. The maximum absolute atomic E-state index is 13.3. The highest BCUT2D eigenvalue weighted by atomic mass is 32.1. The van der Waals surface area contributed by atoms with Crippen LogP contribution in [0.3, 0.4) is 0 Å². The summed E-state index contributed by atoms with van der Waals surface area (Å²) in [5.41, 5.74) is 5.06. The van der Waals surface area contributed by atoms with E-state index in [0.717, 1.165) is 40.4 Å². The minimum atomic E-state index is -0.257. The Labute approximate surface area is 195 Å². The molecule has 3 aromatic heterocycles. The zero-order valence-electron chi connectivity index (χ0n) is 18.2. The van der Waals surface area contributed by atoms with Gasteiger partial charge in [0.2, 0.25) is 0 Å². The van der Waals surface area contributed by atoms with Gasteiger partial charge >= 0.3 is 0 Å². The summed E-state index contributed by atoms with van der Waals surface area (Å²) in [5, 5.41) is 0. The van der Waals surface area contributed by atoms with Crippen LogP contribution in [0, 0.1) is 12.7 Å². The zero-order valence-corrected chi connectivity index (χ0v) is 19.0. The predicted octanol–water partition coefficient (Wildman–Crippen LogP) is 5.25. The summed E-state index contributed by atoms with van der Waals surface area (Å²) < 4.78 is 19.1. The molecule has 33 heavy (non-hydrogen) atoms. The Morgan fingerprint density at radius 1 is 1.21 bits per heavy atom. The fourth-order valence-electron chi connectivity index (χ4n) is 4.18. The highest BCUT2D eigenvalue weighted by Gasteiger charge is 2.28. The lowest BCUT2D eigenvalue weighted by Crippen LogP contribution is -2.39. The van der Waals surface area contributed by atoms with E-state index in [9.17, 15) is 9.18 Å². The van der Waals surface area contributed by atoms with Crippen LogP contribution in [-0.2, 0) is 6.42 Å². The van der Waals surface area contributed by atoms with Crippen LogP contribution in [0.4, 0.5) is 4.39 Å². The number of hydrogen-bond donors (Lipinski definition) is 0. The number of carbonyl (C=O) groups is 1.